The molecule has 130 valence electrons. The molecular weight excluding hydrogens is 342 g/mol. The summed E-state index contributed by atoms with van der Waals surface area (Å²) in [7, 11) is 0. The third kappa shape index (κ3) is 3.58. The number of para-hydroxylation sites is 2. The maximum Gasteiger partial charge on any atom is 0.338 e. The average molecular weight is 360 g/mol. The van der Waals surface area contributed by atoms with Gasteiger partial charge in [0.05, 0.1) is 23.5 Å². The number of benzene rings is 1. The first-order chi connectivity index (χ1) is 11.9. The number of carbonyl (C=O) groups is 2. The molecule has 0 spiro atoms. The van der Waals surface area contributed by atoms with Crippen molar-refractivity contribution in [2.24, 2.45) is 0 Å². The molecule has 0 bridgehead atoms. The highest BCUT2D eigenvalue weighted by atomic mass is 35.5. The van der Waals surface area contributed by atoms with Crippen LogP contribution >= 0.6 is 11.6 Å². The molecule has 2 heterocycles. The quantitative estimate of drug-likeness (QED) is 0.670. The lowest BCUT2D eigenvalue weighted by atomic mass is 9.98. The van der Waals surface area contributed by atoms with Gasteiger partial charge in [-0.15, -0.1) is 0 Å². The van der Waals surface area contributed by atoms with E-state index >= 15 is 0 Å². The number of esters is 1. The van der Waals surface area contributed by atoms with E-state index in [9.17, 15) is 9.59 Å². The number of carbonyl (C=O) groups excluding carboxylic acids is 2. The Kier molecular flexibility index (Phi) is 4.63. The summed E-state index contributed by atoms with van der Waals surface area (Å²) in [5.74, 6) is -0.575. The number of hydrogen-bond acceptors (Lipinski definition) is 5. The average Bonchev–Trinajstić information content (AvgIpc) is 2.58. The van der Waals surface area contributed by atoms with Crippen molar-refractivity contribution >= 4 is 34.9 Å². The van der Waals surface area contributed by atoms with E-state index < -0.39 is 11.5 Å². The van der Waals surface area contributed by atoms with Crippen LogP contribution in [-0.2, 0) is 9.53 Å². The fraction of sp³-hybridized carbons (Fsp3) is 0.278. The molecular formula is C18H18ClN3O3. The predicted molar refractivity (Wildman–Crippen MR) is 96.0 cm³/mol. The summed E-state index contributed by atoms with van der Waals surface area (Å²) in [6.45, 7) is 3.99. The molecule has 1 aliphatic heterocycles. The number of nitrogens with zero attached hydrogens (tertiary/aromatic N) is 2. The van der Waals surface area contributed by atoms with Crippen molar-refractivity contribution < 1.29 is 14.3 Å². The van der Waals surface area contributed by atoms with Crippen molar-refractivity contribution in [1.29, 1.82) is 0 Å². The first-order valence-corrected chi connectivity index (χ1v) is 8.24. The van der Waals surface area contributed by atoms with Crippen molar-refractivity contribution in [3.05, 3.63) is 53.3 Å². The second kappa shape index (κ2) is 6.72. The third-order valence-corrected chi connectivity index (χ3v) is 4.14. The zero-order valence-corrected chi connectivity index (χ0v) is 14.7. The molecule has 0 saturated heterocycles. The van der Waals surface area contributed by atoms with Gasteiger partial charge in [0.15, 0.2) is 0 Å². The van der Waals surface area contributed by atoms with Crippen LogP contribution in [0.4, 0.5) is 11.4 Å². The fourth-order valence-corrected chi connectivity index (χ4v) is 2.89. The topological polar surface area (TPSA) is 71.5 Å². The predicted octanol–water partition coefficient (Wildman–Crippen LogP) is 3.13. The summed E-state index contributed by atoms with van der Waals surface area (Å²) in [6, 6.07) is 10.5. The molecule has 0 aliphatic carbocycles. The number of aromatic nitrogens is 1. The first kappa shape index (κ1) is 17.2. The molecule has 1 amide bonds. The molecule has 1 aromatic heterocycles. The van der Waals surface area contributed by atoms with Gasteiger partial charge < -0.3 is 15.0 Å². The third-order valence-electron chi connectivity index (χ3n) is 3.93. The van der Waals surface area contributed by atoms with Gasteiger partial charge >= 0.3 is 5.97 Å². The van der Waals surface area contributed by atoms with E-state index in [1.807, 2.05) is 38.1 Å². The van der Waals surface area contributed by atoms with Gasteiger partial charge in [0.1, 0.15) is 17.3 Å². The Morgan fingerprint density at radius 1 is 1.32 bits per heavy atom. The van der Waals surface area contributed by atoms with Gasteiger partial charge in [-0.25, -0.2) is 9.78 Å². The molecule has 3 rings (SSSR count). The molecule has 25 heavy (non-hydrogen) atoms. The second-order valence-corrected chi connectivity index (χ2v) is 6.61. The van der Waals surface area contributed by atoms with Gasteiger partial charge in [0.25, 0.3) is 5.91 Å². The molecule has 0 saturated carbocycles. The standard InChI is InChI=1S/C18H18ClN3O3/c1-18(2)17(24)22(14-6-4-3-5-13(14)21-18)9-10-25-16(23)12-7-8-20-15(19)11-12/h3-8,11,21H,9-10H2,1-2H3. The van der Waals surface area contributed by atoms with Crippen molar-refractivity contribution in [2.45, 2.75) is 19.4 Å². The van der Waals surface area contributed by atoms with Crippen LogP contribution in [0.1, 0.15) is 24.2 Å². The van der Waals surface area contributed by atoms with Gasteiger partial charge in [-0.05, 0) is 38.1 Å². The summed E-state index contributed by atoms with van der Waals surface area (Å²) in [4.78, 5) is 30.2. The first-order valence-electron chi connectivity index (χ1n) is 7.86. The highest BCUT2D eigenvalue weighted by Gasteiger charge is 2.38. The van der Waals surface area contributed by atoms with Crippen LogP contribution in [-0.4, -0.2) is 35.6 Å². The van der Waals surface area contributed by atoms with E-state index in [4.69, 9.17) is 16.3 Å². The van der Waals surface area contributed by atoms with Gasteiger partial charge in [0, 0.05) is 6.20 Å². The summed E-state index contributed by atoms with van der Waals surface area (Å²) in [5.41, 5.74) is 1.25. The van der Waals surface area contributed by atoms with E-state index in [0.717, 1.165) is 11.4 Å². The Labute approximate surface area is 150 Å². The Morgan fingerprint density at radius 3 is 2.84 bits per heavy atom. The molecule has 7 heteroatoms. The summed E-state index contributed by atoms with van der Waals surface area (Å²) in [6.07, 6.45) is 1.44. The highest BCUT2D eigenvalue weighted by molar-refractivity contribution is 6.29. The second-order valence-electron chi connectivity index (χ2n) is 6.23. The number of nitrogens with one attached hydrogen (secondary N) is 1. The van der Waals surface area contributed by atoms with Crippen molar-refractivity contribution in [3.8, 4) is 0 Å². The summed E-state index contributed by atoms with van der Waals surface area (Å²) >= 11 is 5.77. The van der Waals surface area contributed by atoms with Gasteiger partial charge in [-0.1, -0.05) is 23.7 Å². The lowest BCUT2D eigenvalue weighted by Crippen LogP contribution is -2.54. The van der Waals surface area contributed by atoms with Crippen LogP contribution in [0.5, 0.6) is 0 Å². The Morgan fingerprint density at radius 2 is 2.08 bits per heavy atom. The molecule has 0 fully saturated rings. The minimum absolute atomic E-state index is 0.0748. The number of hydrogen-bond donors (Lipinski definition) is 1. The summed E-state index contributed by atoms with van der Waals surface area (Å²) < 4.78 is 5.28. The van der Waals surface area contributed by atoms with E-state index in [1.165, 1.54) is 18.3 Å². The van der Waals surface area contributed by atoms with Gasteiger partial charge in [-0.3, -0.25) is 4.79 Å². The number of anilines is 2. The molecule has 0 atom stereocenters. The van der Waals surface area contributed by atoms with Crippen molar-refractivity contribution in [3.63, 3.8) is 0 Å². The molecule has 0 radical (unpaired) electrons. The monoisotopic (exact) mass is 359 g/mol. The van der Waals surface area contributed by atoms with Crippen LogP contribution in [0, 0.1) is 0 Å². The van der Waals surface area contributed by atoms with Crippen LogP contribution in [0.3, 0.4) is 0 Å². The van der Waals surface area contributed by atoms with E-state index in [1.54, 1.807) is 4.90 Å². The molecule has 2 aromatic rings. The number of ether oxygens (including phenoxy) is 1. The highest BCUT2D eigenvalue weighted by Crippen LogP contribution is 2.34. The number of pyridine rings is 1. The number of rotatable bonds is 4. The minimum atomic E-state index is -0.725. The SMILES string of the molecule is CC1(C)Nc2ccccc2N(CCOC(=O)c2ccnc(Cl)c2)C1=O. The van der Waals surface area contributed by atoms with E-state index in [0.29, 0.717) is 5.56 Å². The van der Waals surface area contributed by atoms with Crippen LogP contribution in [0.2, 0.25) is 5.15 Å². The molecule has 1 aliphatic rings. The Bertz CT molecular complexity index is 823. The molecule has 0 unspecified atom stereocenters. The molecule has 1 N–H and O–H groups in total. The summed E-state index contributed by atoms with van der Waals surface area (Å²) in [5, 5.41) is 3.45. The minimum Gasteiger partial charge on any atom is -0.460 e. The maximum atomic E-state index is 12.7. The van der Waals surface area contributed by atoms with Crippen LogP contribution < -0.4 is 10.2 Å². The largest absolute Gasteiger partial charge is 0.460 e. The smallest absolute Gasteiger partial charge is 0.338 e. The number of amides is 1. The van der Waals surface area contributed by atoms with E-state index in [2.05, 4.69) is 10.3 Å². The van der Waals surface area contributed by atoms with Crippen molar-refractivity contribution in [2.75, 3.05) is 23.4 Å². The van der Waals surface area contributed by atoms with Gasteiger partial charge in [0.2, 0.25) is 0 Å². The zero-order valence-electron chi connectivity index (χ0n) is 14.0. The molecule has 1 aromatic carbocycles. The lowest BCUT2D eigenvalue weighted by molar-refractivity contribution is -0.122. The normalized spacial score (nSPS) is 15.3. The van der Waals surface area contributed by atoms with Crippen molar-refractivity contribution in [1.82, 2.24) is 4.98 Å². The lowest BCUT2D eigenvalue weighted by Gasteiger charge is -2.39. The number of fused-ring (bicyclic) bond motifs is 1. The van der Waals surface area contributed by atoms with Crippen LogP contribution in [0.15, 0.2) is 42.6 Å². The van der Waals surface area contributed by atoms with Crippen LogP contribution in [0.25, 0.3) is 0 Å². The zero-order chi connectivity index (χ0) is 18.0. The Balaban J connectivity index is 1.70. The maximum absolute atomic E-state index is 12.7. The van der Waals surface area contributed by atoms with Gasteiger partial charge in [-0.2, -0.15) is 0 Å². The molecule has 6 nitrogen and oxygen atoms in total. The number of halogens is 1. The van der Waals surface area contributed by atoms with E-state index in [-0.39, 0.29) is 24.2 Å². The Hall–Kier alpha value is -2.60. The fourth-order valence-electron chi connectivity index (χ4n) is 2.72.